The summed E-state index contributed by atoms with van der Waals surface area (Å²) < 4.78 is 15.1. The number of hydrogen-bond acceptors (Lipinski definition) is 4. The first kappa shape index (κ1) is 19.1. The number of benzene rings is 3. The highest BCUT2D eigenvalue weighted by Crippen LogP contribution is 2.23. The van der Waals surface area contributed by atoms with Gasteiger partial charge in [0.2, 0.25) is 0 Å². The van der Waals surface area contributed by atoms with Gasteiger partial charge >= 0.3 is 5.97 Å². The third-order valence-corrected chi connectivity index (χ3v) is 4.43. The van der Waals surface area contributed by atoms with Gasteiger partial charge in [0, 0.05) is 17.3 Å². The molecule has 0 unspecified atom stereocenters. The van der Waals surface area contributed by atoms with E-state index in [4.69, 9.17) is 0 Å². The maximum Gasteiger partial charge on any atom is 0.337 e. The van der Waals surface area contributed by atoms with Crippen molar-refractivity contribution in [2.75, 3.05) is 5.43 Å². The van der Waals surface area contributed by atoms with Crippen molar-refractivity contribution >= 4 is 17.9 Å². The Labute approximate surface area is 171 Å². The van der Waals surface area contributed by atoms with Crippen molar-refractivity contribution in [1.82, 2.24) is 9.78 Å². The summed E-state index contributed by atoms with van der Waals surface area (Å²) in [5.74, 6) is -1.37. The third kappa shape index (κ3) is 4.10. The van der Waals surface area contributed by atoms with Gasteiger partial charge in [-0.15, -0.1) is 0 Å². The molecule has 0 aliphatic heterocycles. The Bertz CT molecular complexity index is 1200. The van der Waals surface area contributed by atoms with E-state index in [1.807, 2.05) is 36.5 Å². The van der Waals surface area contributed by atoms with Crippen molar-refractivity contribution in [1.29, 1.82) is 0 Å². The molecule has 0 aliphatic rings. The van der Waals surface area contributed by atoms with Crippen molar-refractivity contribution < 1.29 is 14.3 Å². The average molecular weight is 400 g/mol. The smallest absolute Gasteiger partial charge is 0.337 e. The Morgan fingerprint density at radius 2 is 1.70 bits per heavy atom. The number of aromatic nitrogens is 2. The number of rotatable bonds is 6. The van der Waals surface area contributed by atoms with E-state index >= 15 is 0 Å². The molecule has 4 aromatic rings. The van der Waals surface area contributed by atoms with Crippen LogP contribution in [-0.2, 0) is 0 Å². The number of hydrazone groups is 1. The molecule has 0 aliphatic carbocycles. The van der Waals surface area contributed by atoms with Crippen LogP contribution in [0.15, 0.2) is 90.2 Å². The van der Waals surface area contributed by atoms with Crippen LogP contribution in [0.1, 0.15) is 15.9 Å². The summed E-state index contributed by atoms with van der Waals surface area (Å²) in [4.78, 5) is 11.3. The van der Waals surface area contributed by atoms with E-state index < -0.39 is 5.97 Å². The predicted molar refractivity (Wildman–Crippen MR) is 114 cm³/mol. The number of anilines is 1. The number of hydrogen-bond donors (Lipinski definition) is 2. The minimum atomic E-state index is -1.04. The molecule has 7 heteroatoms. The fourth-order valence-corrected chi connectivity index (χ4v) is 2.97. The molecule has 0 radical (unpaired) electrons. The van der Waals surface area contributed by atoms with Gasteiger partial charge in [0.15, 0.2) is 0 Å². The van der Waals surface area contributed by atoms with Gasteiger partial charge in [-0.1, -0.05) is 30.3 Å². The number of para-hydroxylation sites is 2. The molecule has 0 atom stereocenters. The van der Waals surface area contributed by atoms with Crippen molar-refractivity contribution in [3.8, 4) is 16.9 Å². The summed E-state index contributed by atoms with van der Waals surface area (Å²) in [5.41, 5.74) is 6.17. The molecular formula is C23H17FN4O2. The van der Waals surface area contributed by atoms with Crippen molar-refractivity contribution in [3.05, 3.63) is 102 Å². The first-order chi connectivity index (χ1) is 14.6. The standard InChI is InChI=1S/C23H17FN4O2/c24-18-12-10-16(11-13-18)22-17(15-28(27-22)19-6-2-1-3-7-19)14-25-26-21-9-5-4-8-20(21)23(29)30/h1-15,26H,(H,29,30)/b25-14-. The molecule has 148 valence electrons. The molecule has 0 saturated carbocycles. The van der Waals surface area contributed by atoms with E-state index in [0.717, 1.165) is 11.3 Å². The Balaban J connectivity index is 1.69. The van der Waals surface area contributed by atoms with Gasteiger partial charge in [-0.25, -0.2) is 13.9 Å². The largest absolute Gasteiger partial charge is 0.478 e. The van der Waals surface area contributed by atoms with Gasteiger partial charge in [-0.05, 0) is 48.5 Å². The highest BCUT2D eigenvalue weighted by Gasteiger charge is 2.12. The molecule has 0 saturated heterocycles. The molecule has 6 nitrogen and oxygen atoms in total. The van der Waals surface area contributed by atoms with E-state index in [0.29, 0.717) is 16.9 Å². The van der Waals surface area contributed by atoms with Gasteiger partial charge in [-0.2, -0.15) is 10.2 Å². The second-order valence-electron chi connectivity index (χ2n) is 6.44. The Hall–Kier alpha value is -4.26. The van der Waals surface area contributed by atoms with Crippen LogP contribution in [0.4, 0.5) is 10.1 Å². The number of carboxylic acids is 1. The summed E-state index contributed by atoms with van der Waals surface area (Å²) in [6.07, 6.45) is 3.37. The molecule has 1 heterocycles. The highest BCUT2D eigenvalue weighted by atomic mass is 19.1. The second-order valence-corrected chi connectivity index (χ2v) is 6.44. The second kappa shape index (κ2) is 8.40. The molecule has 2 N–H and O–H groups in total. The van der Waals surface area contributed by atoms with Gasteiger partial charge in [0.25, 0.3) is 0 Å². The number of nitrogens with zero attached hydrogens (tertiary/aromatic N) is 3. The van der Waals surface area contributed by atoms with Crippen LogP contribution in [-0.4, -0.2) is 27.1 Å². The lowest BCUT2D eigenvalue weighted by atomic mass is 10.1. The van der Waals surface area contributed by atoms with Crippen molar-refractivity contribution in [2.45, 2.75) is 0 Å². The molecule has 4 rings (SSSR count). The lowest BCUT2D eigenvalue weighted by molar-refractivity contribution is 0.0698. The van der Waals surface area contributed by atoms with E-state index in [-0.39, 0.29) is 11.4 Å². The van der Waals surface area contributed by atoms with Crippen molar-refractivity contribution in [2.24, 2.45) is 5.10 Å². The lowest BCUT2D eigenvalue weighted by Crippen LogP contribution is -2.02. The van der Waals surface area contributed by atoms with Gasteiger partial charge in [0.1, 0.15) is 11.5 Å². The zero-order valence-corrected chi connectivity index (χ0v) is 15.7. The summed E-state index contributed by atoms with van der Waals surface area (Å²) in [7, 11) is 0. The van der Waals surface area contributed by atoms with Gasteiger partial charge < -0.3 is 5.11 Å². The summed E-state index contributed by atoms with van der Waals surface area (Å²) in [5, 5.41) is 18.1. The Morgan fingerprint density at radius 3 is 2.43 bits per heavy atom. The molecular weight excluding hydrogens is 383 g/mol. The molecule has 30 heavy (non-hydrogen) atoms. The summed E-state index contributed by atoms with van der Waals surface area (Å²) in [6.45, 7) is 0. The van der Waals surface area contributed by atoms with E-state index in [1.165, 1.54) is 18.2 Å². The van der Waals surface area contributed by atoms with E-state index in [2.05, 4.69) is 15.6 Å². The zero-order valence-electron chi connectivity index (χ0n) is 15.7. The van der Waals surface area contributed by atoms with Crippen LogP contribution in [0.25, 0.3) is 16.9 Å². The first-order valence-corrected chi connectivity index (χ1v) is 9.14. The molecule has 1 aromatic heterocycles. The molecule has 0 fully saturated rings. The predicted octanol–water partition coefficient (Wildman–Crippen LogP) is 4.82. The average Bonchev–Trinajstić information content (AvgIpc) is 3.19. The van der Waals surface area contributed by atoms with Crippen LogP contribution in [0.3, 0.4) is 0 Å². The maximum absolute atomic E-state index is 13.4. The van der Waals surface area contributed by atoms with Crippen molar-refractivity contribution in [3.63, 3.8) is 0 Å². The fourth-order valence-electron chi connectivity index (χ4n) is 2.97. The first-order valence-electron chi connectivity index (χ1n) is 9.14. The molecule has 0 bridgehead atoms. The maximum atomic E-state index is 13.4. The normalized spacial score (nSPS) is 11.0. The minimum absolute atomic E-state index is 0.119. The number of nitrogens with one attached hydrogen (secondary N) is 1. The Kier molecular flexibility index (Phi) is 5.34. The van der Waals surface area contributed by atoms with Crippen LogP contribution in [0.5, 0.6) is 0 Å². The van der Waals surface area contributed by atoms with E-state index in [1.54, 1.807) is 41.2 Å². The van der Waals surface area contributed by atoms with Gasteiger partial charge in [0.05, 0.1) is 23.2 Å². The van der Waals surface area contributed by atoms with Gasteiger partial charge in [-0.3, -0.25) is 5.43 Å². The number of halogens is 1. The summed E-state index contributed by atoms with van der Waals surface area (Å²) >= 11 is 0. The molecule has 3 aromatic carbocycles. The Morgan fingerprint density at radius 1 is 1.00 bits per heavy atom. The van der Waals surface area contributed by atoms with Crippen LogP contribution in [0.2, 0.25) is 0 Å². The van der Waals surface area contributed by atoms with E-state index in [9.17, 15) is 14.3 Å². The SMILES string of the molecule is O=C(O)c1ccccc1N/N=C\c1cn(-c2ccccc2)nc1-c1ccc(F)cc1. The topological polar surface area (TPSA) is 79.5 Å². The molecule has 0 amide bonds. The quantitative estimate of drug-likeness (QED) is 0.359. The van der Waals surface area contributed by atoms with Crippen LogP contribution in [0, 0.1) is 5.82 Å². The monoisotopic (exact) mass is 400 g/mol. The number of carboxylic acid groups (broad SMARTS) is 1. The number of aromatic carboxylic acids is 1. The van der Waals surface area contributed by atoms with Crippen LogP contribution < -0.4 is 5.43 Å². The highest BCUT2D eigenvalue weighted by molar-refractivity contribution is 5.94. The van der Waals surface area contributed by atoms with Crippen LogP contribution >= 0.6 is 0 Å². The number of carbonyl (C=O) groups is 1. The third-order valence-electron chi connectivity index (χ3n) is 4.43. The summed E-state index contributed by atoms with van der Waals surface area (Å²) in [6, 6.07) is 22.1. The fraction of sp³-hybridized carbons (Fsp3) is 0. The zero-order chi connectivity index (χ0) is 20.9. The minimum Gasteiger partial charge on any atom is -0.478 e. The molecule has 0 spiro atoms. The lowest BCUT2D eigenvalue weighted by Gasteiger charge is -2.04.